The molecule has 3 rings (SSSR count). The highest BCUT2D eigenvalue weighted by Crippen LogP contribution is 2.36. The van der Waals surface area contributed by atoms with Crippen molar-refractivity contribution < 1.29 is 14.6 Å². The van der Waals surface area contributed by atoms with Crippen LogP contribution in [0.3, 0.4) is 0 Å². The van der Waals surface area contributed by atoms with Crippen LogP contribution >= 0.6 is 11.3 Å². The molecule has 1 amide bonds. The van der Waals surface area contributed by atoms with Gasteiger partial charge in [0.05, 0.1) is 5.60 Å². The molecule has 1 N–H and O–H groups in total. The van der Waals surface area contributed by atoms with Gasteiger partial charge < -0.3 is 14.7 Å². The minimum Gasteiger partial charge on any atom is -0.389 e. The largest absolute Gasteiger partial charge is 0.389 e. The van der Waals surface area contributed by atoms with Gasteiger partial charge in [-0.15, -0.1) is 11.3 Å². The summed E-state index contributed by atoms with van der Waals surface area (Å²) in [6, 6.07) is 4.50. The van der Waals surface area contributed by atoms with E-state index in [1.807, 2.05) is 16.2 Å². The number of fused-ring (bicyclic) bond motifs is 1. The predicted octanol–water partition coefficient (Wildman–Crippen LogP) is 2.38. The van der Waals surface area contributed by atoms with Crippen molar-refractivity contribution in [1.29, 1.82) is 0 Å². The smallest absolute Gasteiger partial charge is 0.248 e. The lowest BCUT2D eigenvalue weighted by atomic mass is 9.75. The molecule has 0 aliphatic carbocycles. The molecule has 0 radical (unpaired) electrons. The van der Waals surface area contributed by atoms with Gasteiger partial charge in [-0.05, 0) is 37.3 Å². The van der Waals surface area contributed by atoms with Crippen molar-refractivity contribution >= 4 is 17.2 Å². The SMILES string of the molecule is COCC(=O)N1CC[C@]2(O)CCN(Cc3ccc(CC(C)C)s3)C[C@@H]2C1. The van der Waals surface area contributed by atoms with Gasteiger partial charge in [-0.3, -0.25) is 9.69 Å². The van der Waals surface area contributed by atoms with E-state index in [9.17, 15) is 9.90 Å². The van der Waals surface area contributed by atoms with Crippen LogP contribution in [0, 0.1) is 11.8 Å². The zero-order chi connectivity index (χ0) is 18.7. The number of piperidine rings is 2. The second-order valence-electron chi connectivity index (χ2n) is 8.27. The summed E-state index contributed by atoms with van der Waals surface area (Å²) in [4.78, 5) is 19.3. The van der Waals surface area contributed by atoms with Crippen LogP contribution in [0.15, 0.2) is 12.1 Å². The van der Waals surface area contributed by atoms with Crippen LogP contribution in [0.4, 0.5) is 0 Å². The van der Waals surface area contributed by atoms with E-state index in [0.717, 1.165) is 32.5 Å². The average Bonchev–Trinajstić information content (AvgIpc) is 3.01. The van der Waals surface area contributed by atoms with Gasteiger partial charge in [0, 0.05) is 55.5 Å². The first-order valence-corrected chi connectivity index (χ1v) is 10.5. The third kappa shape index (κ3) is 4.66. The maximum atomic E-state index is 12.1. The number of carbonyl (C=O) groups is 1. The van der Waals surface area contributed by atoms with Crippen molar-refractivity contribution in [1.82, 2.24) is 9.80 Å². The van der Waals surface area contributed by atoms with Crippen molar-refractivity contribution in [2.24, 2.45) is 11.8 Å². The van der Waals surface area contributed by atoms with Crippen LogP contribution < -0.4 is 0 Å². The number of aliphatic hydroxyl groups is 1. The third-order valence-electron chi connectivity index (χ3n) is 5.68. The summed E-state index contributed by atoms with van der Waals surface area (Å²) in [6.07, 6.45) is 2.62. The molecule has 0 unspecified atom stereocenters. The lowest BCUT2D eigenvalue weighted by Gasteiger charge is -2.50. The standard InChI is InChI=1S/C20H32N2O3S/c1-15(2)10-17-4-5-18(26-17)13-21-8-6-20(24)7-9-22(12-16(20)11-21)19(23)14-25-3/h4-5,15-16,24H,6-14H2,1-3H3/t16-,20-/m1/s1. The van der Waals surface area contributed by atoms with Crippen LogP contribution in [-0.4, -0.2) is 66.3 Å². The molecule has 0 spiro atoms. The molecule has 26 heavy (non-hydrogen) atoms. The number of thiophene rings is 1. The second-order valence-corrected chi connectivity index (χ2v) is 9.53. The Morgan fingerprint density at radius 2 is 2.04 bits per heavy atom. The van der Waals surface area contributed by atoms with E-state index < -0.39 is 5.60 Å². The summed E-state index contributed by atoms with van der Waals surface area (Å²) in [5, 5.41) is 11.0. The second kappa shape index (κ2) is 8.38. The van der Waals surface area contributed by atoms with E-state index in [-0.39, 0.29) is 18.4 Å². The van der Waals surface area contributed by atoms with Gasteiger partial charge in [-0.25, -0.2) is 0 Å². The van der Waals surface area contributed by atoms with Crippen LogP contribution in [0.25, 0.3) is 0 Å². The molecule has 2 aliphatic heterocycles. The maximum Gasteiger partial charge on any atom is 0.248 e. The normalized spacial score (nSPS) is 27.0. The number of hydrogen-bond donors (Lipinski definition) is 1. The number of rotatable bonds is 6. The molecule has 146 valence electrons. The Morgan fingerprint density at radius 3 is 2.77 bits per heavy atom. The fraction of sp³-hybridized carbons (Fsp3) is 0.750. The molecule has 2 saturated heterocycles. The Kier molecular flexibility index (Phi) is 6.38. The molecular weight excluding hydrogens is 348 g/mol. The average molecular weight is 381 g/mol. The van der Waals surface area contributed by atoms with Crippen LogP contribution in [0.5, 0.6) is 0 Å². The highest BCUT2D eigenvalue weighted by atomic mass is 32.1. The Bertz CT molecular complexity index is 618. The summed E-state index contributed by atoms with van der Waals surface area (Å²) in [5.41, 5.74) is -0.612. The monoisotopic (exact) mass is 380 g/mol. The number of ether oxygens (including phenoxy) is 1. The van der Waals surface area contributed by atoms with E-state index >= 15 is 0 Å². The third-order valence-corrected chi connectivity index (χ3v) is 6.77. The van der Waals surface area contributed by atoms with Crippen LogP contribution in [-0.2, 0) is 22.5 Å². The Labute approximate surface area is 160 Å². The number of methoxy groups -OCH3 is 1. The van der Waals surface area contributed by atoms with Gasteiger partial charge in [0.15, 0.2) is 0 Å². The molecule has 2 fully saturated rings. The minimum atomic E-state index is -0.612. The van der Waals surface area contributed by atoms with Gasteiger partial charge in [-0.2, -0.15) is 0 Å². The van der Waals surface area contributed by atoms with Crippen molar-refractivity contribution in [2.45, 2.75) is 45.3 Å². The molecule has 1 aromatic rings. The Morgan fingerprint density at radius 1 is 1.31 bits per heavy atom. The molecule has 1 aromatic heterocycles. The van der Waals surface area contributed by atoms with E-state index in [0.29, 0.717) is 25.4 Å². The molecular formula is C20H32N2O3S. The number of hydrogen-bond acceptors (Lipinski definition) is 5. The molecule has 2 aliphatic rings. The summed E-state index contributed by atoms with van der Waals surface area (Å²) in [7, 11) is 1.55. The highest BCUT2D eigenvalue weighted by molar-refractivity contribution is 7.11. The Balaban J connectivity index is 1.59. The van der Waals surface area contributed by atoms with Crippen molar-refractivity contribution in [3.8, 4) is 0 Å². The zero-order valence-corrected chi connectivity index (χ0v) is 17.1. The van der Waals surface area contributed by atoms with Gasteiger partial charge in [0.25, 0.3) is 0 Å². The maximum absolute atomic E-state index is 12.1. The van der Waals surface area contributed by atoms with E-state index in [1.54, 1.807) is 7.11 Å². The first-order valence-electron chi connectivity index (χ1n) is 9.68. The predicted molar refractivity (Wildman–Crippen MR) is 104 cm³/mol. The van der Waals surface area contributed by atoms with E-state index in [1.165, 1.54) is 9.75 Å². The van der Waals surface area contributed by atoms with Gasteiger partial charge >= 0.3 is 0 Å². The first-order chi connectivity index (χ1) is 12.4. The van der Waals surface area contributed by atoms with Crippen molar-refractivity contribution in [3.63, 3.8) is 0 Å². The molecule has 2 atom stereocenters. The molecule has 0 saturated carbocycles. The number of likely N-dealkylation sites (tertiary alicyclic amines) is 2. The van der Waals surface area contributed by atoms with Crippen molar-refractivity contribution in [2.75, 3.05) is 39.9 Å². The summed E-state index contributed by atoms with van der Waals surface area (Å²) < 4.78 is 4.99. The van der Waals surface area contributed by atoms with Crippen molar-refractivity contribution in [3.05, 3.63) is 21.9 Å². The molecule has 0 bridgehead atoms. The molecule has 5 nitrogen and oxygen atoms in total. The Hall–Kier alpha value is -0.950. The lowest BCUT2D eigenvalue weighted by molar-refractivity contribution is -0.150. The first kappa shape index (κ1) is 19.8. The summed E-state index contributed by atoms with van der Waals surface area (Å²) in [6.45, 7) is 8.64. The molecule has 0 aromatic carbocycles. The van der Waals surface area contributed by atoms with Crippen LogP contribution in [0.2, 0.25) is 0 Å². The molecule has 6 heteroatoms. The fourth-order valence-electron chi connectivity index (χ4n) is 4.20. The van der Waals surface area contributed by atoms with Gasteiger partial charge in [-0.1, -0.05) is 13.8 Å². The van der Waals surface area contributed by atoms with E-state index in [4.69, 9.17) is 4.74 Å². The zero-order valence-electron chi connectivity index (χ0n) is 16.2. The lowest BCUT2D eigenvalue weighted by Crippen LogP contribution is -2.60. The van der Waals surface area contributed by atoms with Crippen LogP contribution in [0.1, 0.15) is 36.4 Å². The fourth-order valence-corrected chi connectivity index (χ4v) is 5.47. The topological polar surface area (TPSA) is 53.0 Å². The number of nitrogens with zero attached hydrogens (tertiary/aromatic N) is 2. The number of amides is 1. The molecule has 3 heterocycles. The quantitative estimate of drug-likeness (QED) is 0.823. The highest BCUT2D eigenvalue weighted by Gasteiger charge is 2.45. The van der Waals surface area contributed by atoms with E-state index in [2.05, 4.69) is 30.9 Å². The minimum absolute atomic E-state index is 0.0308. The van der Waals surface area contributed by atoms with Gasteiger partial charge in [0.2, 0.25) is 5.91 Å². The summed E-state index contributed by atoms with van der Waals surface area (Å²) in [5.74, 6) is 0.841. The number of carbonyl (C=O) groups excluding carboxylic acids is 1. The van der Waals surface area contributed by atoms with Gasteiger partial charge in [0.1, 0.15) is 6.61 Å². The summed E-state index contributed by atoms with van der Waals surface area (Å²) >= 11 is 1.91.